The molecule has 1 heterocycles. The first-order valence-corrected chi connectivity index (χ1v) is 14.9. The second-order valence-electron chi connectivity index (χ2n) is 11.6. The molecule has 0 aliphatic carbocycles. The smallest absolute Gasteiger partial charge is 0.444 e. The standard InChI is InChI=1S/C26H52NO7P/c1-8-9-10-16-19-30-20-17-14-12-11-13-15-18-26(27-23(28)33-24(2,3)4)21-31-35(29,32-22-26)34-25(5,6)7/h8-22H2,1-7H3,(H,27,28). The van der Waals surface area contributed by atoms with Crippen molar-refractivity contribution in [2.24, 2.45) is 0 Å². The number of unbranched alkanes of at least 4 members (excludes halogenated alkanes) is 8. The Hall–Kier alpha value is -0.660. The lowest BCUT2D eigenvalue weighted by Crippen LogP contribution is -2.57. The Bertz CT molecular complexity index is 631. The van der Waals surface area contributed by atoms with Crippen molar-refractivity contribution >= 4 is 13.9 Å². The molecule has 1 aliphatic heterocycles. The summed E-state index contributed by atoms with van der Waals surface area (Å²) in [5, 5.41) is 2.93. The molecule has 1 rings (SSSR count). The average molecular weight is 522 g/mol. The fourth-order valence-electron chi connectivity index (χ4n) is 3.78. The molecule has 0 saturated carbocycles. The summed E-state index contributed by atoms with van der Waals surface area (Å²) in [6.45, 7) is 14.9. The lowest BCUT2D eigenvalue weighted by atomic mass is 9.93. The van der Waals surface area contributed by atoms with Gasteiger partial charge in [-0.2, -0.15) is 0 Å². The quantitative estimate of drug-likeness (QED) is 0.166. The highest BCUT2D eigenvalue weighted by Gasteiger charge is 2.46. The van der Waals surface area contributed by atoms with Crippen LogP contribution in [0.4, 0.5) is 4.79 Å². The SMILES string of the molecule is CCCCCCOCCCCCCCCC1(NC(=O)OC(C)(C)C)COP(=O)(OC(C)(C)C)OC1. The lowest BCUT2D eigenvalue weighted by Gasteiger charge is -2.41. The van der Waals surface area contributed by atoms with Crippen molar-refractivity contribution in [3.05, 3.63) is 0 Å². The van der Waals surface area contributed by atoms with Gasteiger partial charge in [0, 0.05) is 13.2 Å². The first-order valence-electron chi connectivity index (χ1n) is 13.5. The van der Waals surface area contributed by atoms with Gasteiger partial charge < -0.3 is 14.8 Å². The molecule has 8 nitrogen and oxygen atoms in total. The van der Waals surface area contributed by atoms with Crippen molar-refractivity contribution in [1.29, 1.82) is 0 Å². The van der Waals surface area contributed by atoms with E-state index >= 15 is 0 Å². The van der Waals surface area contributed by atoms with Crippen molar-refractivity contribution in [1.82, 2.24) is 5.32 Å². The highest BCUT2D eigenvalue weighted by molar-refractivity contribution is 7.48. The number of rotatable bonds is 16. The van der Waals surface area contributed by atoms with Gasteiger partial charge in [0.25, 0.3) is 0 Å². The highest BCUT2D eigenvalue weighted by Crippen LogP contribution is 2.56. The molecule has 9 heteroatoms. The molecule has 1 saturated heterocycles. The summed E-state index contributed by atoms with van der Waals surface area (Å²) in [6, 6.07) is 0. The van der Waals surface area contributed by atoms with Crippen LogP contribution in [0.15, 0.2) is 0 Å². The van der Waals surface area contributed by atoms with E-state index in [0.717, 1.165) is 58.2 Å². The summed E-state index contributed by atoms with van der Waals surface area (Å²) in [6.07, 6.45) is 11.5. The van der Waals surface area contributed by atoms with Gasteiger partial charge in [0.2, 0.25) is 0 Å². The van der Waals surface area contributed by atoms with Gasteiger partial charge in [0.05, 0.1) is 24.4 Å². The second kappa shape index (κ2) is 15.6. The molecule has 0 spiro atoms. The molecular weight excluding hydrogens is 469 g/mol. The van der Waals surface area contributed by atoms with Crippen LogP contribution in [0.25, 0.3) is 0 Å². The maximum absolute atomic E-state index is 12.8. The van der Waals surface area contributed by atoms with E-state index < -0.39 is 30.7 Å². The van der Waals surface area contributed by atoms with Crippen LogP contribution in [-0.2, 0) is 27.6 Å². The molecular formula is C26H52NO7P. The van der Waals surface area contributed by atoms with E-state index in [1.54, 1.807) is 20.8 Å². The van der Waals surface area contributed by atoms with Gasteiger partial charge in [0.1, 0.15) is 5.60 Å². The Labute approximate surface area is 214 Å². The summed E-state index contributed by atoms with van der Waals surface area (Å²) in [5.41, 5.74) is -2.09. The number of phosphoric ester groups is 1. The van der Waals surface area contributed by atoms with Crippen molar-refractivity contribution < 1.29 is 32.4 Å². The van der Waals surface area contributed by atoms with Crippen LogP contribution in [0.5, 0.6) is 0 Å². The molecule has 208 valence electrons. The van der Waals surface area contributed by atoms with E-state index in [1.165, 1.54) is 19.3 Å². The Morgan fingerprint density at radius 1 is 0.829 bits per heavy atom. The predicted molar refractivity (Wildman–Crippen MR) is 140 cm³/mol. The fourth-order valence-corrected chi connectivity index (χ4v) is 5.44. The number of amides is 1. The molecule has 0 aromatic heterocycles. The van der Waals surface area contributed by atoms with E-state index in [-0.39, 0.29) is 13.2 Å². The first-order chi connectivity index (χ1) is 16.3. The van der Waals surface area contributed by atoms with E-state index in [2.05, 4.69) is 12.2 Å². The number of alkyl carbamates (subject to hydrolysis) is 1. The number of carbonyl (C=O) groups excluding carboxylic acids is 1. The molecule has 1 N–H and O–H groups in total. The summed E-state index contributed by atoms with van der Waals surface area (Å²) in [4.78, 5) is 12.5. The Morgan fingerprint density at radius 2 is 1.34 bits per heavy atom. The molecule has 0 bridgehead atoms. The largest absolute Gasteiger partial charge is 0.475 e. The van der Waals surface area contributed by atoms with E-state index in [1.807, 2.05) is 20.8 Å². The number of hydrogen-bond donors (Lipinski definition) is 1. The van der Waals surface area contributed by atoms with Crippen LogP contribution in [0, 0.1) is 0 Å². The second-order valence-corrected chi connectivity index (χ2v) is 13.2. The van der Waals surface area contributed by atoms with E-state index in [4.69, 9.17) is 23.0 Å². The minimum absolute atomic E-state index is 0.0508. The number of carbonyl (C=O) groups is 1. The van der Waals surface area contributed by atoms with Gasteiger partial charge in [-0.3, -0.25) is 13.6 Å². The van der Waals surface area contributed by atoms with Gasteiger partial charge in [-0.25, -0.2) is 9.36 Å². The van der Waals surface area contributed by atoms with Crippen LogP contribution in [0.3, 0.4) is 0 Å². The van der Waals surface area contributed by atoms with Crippen LogP contribution in [-0.4, -0.2) is 49.3 Å². The molecule has 0 aromatic rings. The third-order valence-electron chi connectivity index (χ3n) is 5.49. The number of hydrogen-bond acceptors (Lipinski definition) is 7. The Morgan fingerprint density at radius 3 is 1.86 bits per heavy atom. The number of ether oxygens (including phenoxy) is 2. The number of nitrogens with one attached hydrogen (secondary N) is 1. The molecule has 1 aliphatic rings. The maximum atomic E-state index is 12.8. The predicted octanol–water partition coefficient (Wildman–Crippen LogP) is 7.55. The Kier molecular flexibility index (Phi) is 14.4. The van der Waals surface area contributed by atoms with Gasteiger partial charge in [-0.15, -0.1) is 0 Å². The van der Waals surface area contributed by atoms with Crippen LogP contribution in [0.1, 0.15) is 119 Å². The minimum atomic E-state index is -3.67. The van der Waals surface area contributed by atoms with Crippen LogP contribution >= 0.6 is 7.82 Å². The summed E-state index contributed by atoms with van der Waals surface area (Å²) in [7, 11) is -3.67. The monoisotopic (exact) mass is 521 g/mol. The molecule has 35 heavy (non-hydrogen) atoms. The van der Waals surface area contributed by atoms with Gasteiger partial charge >= 0.3 is 13.9 Å². The van der Waals surface area contributed by atoms with Crippen molar-refractivity contribution in [3.8, 4) is 0 Å². The van der Waals surface area contributed by atoms with Crippen molar-refractivity contribution in [2.75, 3.05) is 26.4 Å². The molecule has 0 atom stereocenters. The first kappa shape index (κ1) is 32.4. The van der Waals surface area contributed by atoms with Gasteiger partial charge in [-0.1, -0.05) is 58.3 Å². The summed E-state index contributed by atoms with van der Waals surface area (Å²) in [5.74, 6) is 0. The van der Waals surface area contributed by atoms with E-state index in [0.29, 0.717) is 6.42 Å². The normalized spacial score (nSPS) is 23.3. The van der Waals surface area contributed by atoms with Crippen molar-refractivity contribution in [2.45, 2.75) is 136 Å². The minimum Gasteiger partial charge on any atom is -0.444 e. The summed E-state index contributed by atoms with van der Waals surface area (Å²) < 4.78 is 40.7. The van der Waals surface area contributed by atoms with Crippen LogP contribution in [0.2, 0.25) is 0 Å². The zero-order valence-corrected chi connectivity index (χ0v) is 24.3. The molecule has 0 aromatic carbocycles. The zero-order chi connectivity index (χ0) is 26.4. The Balaban J connectivity index is 2.41. The third kappa shape index (κ3) is 15.9. The molecule has 1 fully saturated rings. The fraction of sp³-hybridized carbons (Fsp3) is 0.962. The lowest BCUT2D eigenvalue weighted by molar-refractivity contribution is -0.0282. The summed E-state index contributed by atoms with van der Waals surface area (Å²) >= 11 is 0. The third-order valence-corrected chi connectivity index (χ3v) is 7.15. The van der Waals surface area contributed by atoms with Crippen molar-refractivity contribution in [3.63, 3.8) is 0 Å². The zero-order valence-electron chi connectivity index (χ0n) is 23.4. The topological polar surface area (TPSA) is 92.3 Å². The van der Waals surface area contributed by atoms with Gasteiger partial charge in [0.15, 0.2) is 0 Å². The molecule has 0 radical (unpaired) electrons. The molecule has 1 amide bonds. The highest BCUT2D eigenvalue weighted by atomic mass is 31.2. The maximum Gasteiger partial charge on any atom is 0.475 e. The van der Waals surface area contributed by atoms with Gasteiger partial charge in [-0.05, 0) is 60.8 Å². The average Bonchev–Trinajstić information content (AvgIpc) is 2.71. The number of phosphoric acid groups is 1. The van der Waals surface area contributed by atoms with E-state index in [9.17, 15) is 9.36 Å². The van der Waals surface area contributed by atoms with Crippen LogP contribution < -0.4 is 5.32 Å². The molecule has 0 unspecified atom stereocenters.